The van der Waals surface area contributed by atoms with Crippen LogP contribution in [0.15, 0.2) is 65.6 Å². The fraction of sp³-hybridized carbons (Fsp3) is 0.100. The van der Waals surface area contributed by atoms with Gasteiger partial charge in [0.15, 0.2) is 0 Å². The van der Waals surface area contributed by atoms with Gasteiger partial charge in [-0.15, -0.1) is 0 Å². The first kappa shape index (κ1) is 20.6. The minimum atomic E-state index is -3.92. The van der Waals surface area contributed by atoms with Gasteiger partial charge in [-0.1, -0.05) is 29.3 Å². The maximum atomic E-state index is 12.6. The highest BCUT2D eigenvalue weighted by atomic mass is 35.5. The molecule has 0 fully saturated rings. The second-order valence-electron chi connectivity index (χ2n) is 6.40. The maximum absolute atomic E-state index is 12.6. The van der Waals surface area contributed by atoms with Gasteiger partial charge in [-0.2, -0.15) is 0 Å². The third kappa shape index (κ3) is 5.04. The minimum absolute atomic E-state index is 0.0143. The van der Waals surface area contributed by atoms with Crippen molar-refractivity contribution in [3.05, 3.63) is 86.9 Å². The van der Waals surface area contributed by atoms with Crippen molar-refractivity contribution in [2.24, 2.45) is 0 Å². The summed E-state index contributed by atoms with van der Waals surface area (Å²) in [5.74, 6) is 0.530. The Morgan fingerprint density at radius 3 is 2.28 bits per heavy atom. The Morgan fingerprint density at radius 1 is 0.966 bits per heavy atom. The molecule has 3 aromatic rings. The molecule has 0 aliphatic rings. The number of ether oxygens (including phenoxy) is 1. The van der Waals surface area contributed by atoms with E-state index in [1.54, 1.807) is 37.3 Å². The van der Waals surface area contributed by atoms with Crippen LogP contribution in [0.25, 0.3) is 0 Å². The Hall–Kier alpha value is -3.10. The largest absolute Gasteiger partial charge is 0.457 e. The van der Waals surface area contributed by atoms with Gasteiger partial charge in [0.05, 0.1) is 21.6 Å². The molecule has 9 heteroatoms. The van der Waals surface area contributed by atoms with Crippen LogP contribution in [-0.4, -0.2) is 13.3 Å². The van der Waals surface area contributed by atoms with E-state index < -0.39 is 14.9 Å². The standard InChI is InChI=1S/C20H17ClN2O5S/c1-13-3-6-19(7-4-13)29(26,27)22-15-10-16(23(24)25)12-18(11-15)28-17-5-8-20(21)14(2)9-17/h3-12,22H,1-2H3. The fourth-order valence-corrected chi connectivity index (χ4v) is 3.71. The fourth-order valence-electron chi connectivity index (χ4n) is 2.55. The summed E-state index contributed by atoms with van der Waals surface area (Å²) in [4.78, 5) is 10.7. The molecule has 0 aliphatic carbocycles. The van der Waals surface area contributed by atoms with Gasteiger partial charge < -0.3 is 4.74 Å². The van der Waals surface area contributed by atoms with Gasteiger partial charge in [-0.3, -0.25) is 14.8 Å². The molecule has 3 aromatic carbocycles. The van der Waals surface area contributed by atoms with Gasteiger partial charge in [0.25, 0.3) is 15.7 Å². The first-order chi connectivity index (χ1) is 13.6. The molecule has 0 spiro atoms. The molecular weight excluding hydrogens is 416 g/mol. The van der Waals surface area contributed by atoms with Crippen molar-refractivity contribution in [2.45, 2.75) is 18.7 Å². The van der Waals surface area contributed by atoms with Crippen molar-refractivity contribution in [1.29, 1.82) is 0 Å². The number of hydrogen-bond acceptors (Lipinski definition) is 5. The number of hydrogen-bond donors (Lipinski definition) is 1. The van der Waals surface area contributed by atoms with Crippen molar-refractivity contribution >= 4 is 33.0 Å². The van der Waals surface area contributed by atoms with Crippen LogP contribution in [-0.2, 0) is 10.0 Å². The molecule has 7 nitrogen and oxygen atoms in total. The summed E-state index contributed by atoms with van der Waals surface area (Å²) in [6.45, 7) is 3.64. The zero-order chi connectivity index (χ0) is 21.2. The zero-order valence-electron chi connectivity index (χ0n) is 15.5. The van der Waals surface area contributed by atoms with E-state index >= 15 is 0 Å². The minimum Gasteiger partial charge on any atom is -0.457 e. The van der Waals surface area contributed by atoms with E-state index in [2.05, 4.69) is 4.72 Å². The van der Waals surface area contributed by atoms with E-state index in [4.69, 9.17) is 16.3 Å². The Morgan fingerprint density at radius 2 is 1.66 bits per heavy atom. The summed E-state index contributed by atoms with van der Waals surface area (Å²) in [5.41, 5.74) is 1.39. The predicted molar refractivity (Wildman–Crippen MR) is 111 cm³/mol. The van der Waals surface area contributed by atoms with E-state index in [0.717, 1.165) is 17.2 Å². The van der Waals surface area contributed by atoms with Gasteiger partial charge in [-0.25, -0.2) is 8.42 Å². The van der Waals surface area contributed by atoms with Crippen LogP contribution >= 0.6 is 11.6 Å². The molecule has 0 aliphatic heterocycles. The van der Waals surface area contributed by atoms with Crippen molar-refractivity contribution in [1.82, 2.24) is 0 Å². The number of nitro benzene ring substituents is 1. The number of rotatable bonds is 6. The quantitative estimate of drug-likeness (QED) is 0.412. The highest BCUT2D eigenvalue weighted by Crippen LogP contribution is 2.32. The zero-order valence-corrected chi connectivity index (χ0v) is 17.1. The first-order valence-electron chi connectivity index (χ1n) is 8.47. The average molecular weight is 433 g/mol. The molecule has 0 atom stereocenters. The lowest BCUT2D eigenvalue weighted by atomic mass is 10.2. The van der Waals surface area contributed by atoms with E-state index in [0.29, 0.717) is 10.8 Å². The summed E-state index contributed by atoms with van der Waals surface area (Å²) in [5, 5.41) is 11.8. The van der Waals surface area contributed by atoms with Crippen molar-refractivity contribution in [2.75, 3.05) is 4.72 Å². The number of sulfonamides is 1. The van der Waals surface area contributed by atoms with Crippen molar-refractivity contribution in [3.8, 4) is 11.5 Å². The third-order valence-corrected chi connectivity index (χ3v) is 5.87. The molecule has 0 heterocycles. The molecule has 3 rings (SSSR count). The van der Waals surface area contributed by atoms with Gasteiger partial charge >= 0.3 is 0 Å². The van der Waals surface area contributed by atoms with E-state index in [9.17, 15) is 18.5 Å². The van der Waals surface area contributed by atoms with Crippen LogP contribution in [0.3, 0.4) is 0 Å². The summed E-state index contributed by atoms with van der Waals surface area (Å²) in [6.07, 6.45) is 0. The number of nitrogens with one attached hydrogen (secondary N) is 1. The van der Waals surface area contributed by atoms with Crippen LogP contribution in [0.1, 0.15) is 11.1 Å². The Labute approximate surface area is 173 Å². The highest BCUT2D eigenvalue weighted by molar-refractivity contribution is 7.92. The van der Waals surface area contributed by atoms with Crippen LogP contribution in [0.4, 0.5) is 11.4 Å². The van der Waals surface area contributed by atoms with E-state index in [1.165, 1.54) is 24.3 Å². The molecule has 0 radical (unpaired) electrons. The number of benzene rings is 3. The maximum Gasteiger partial charge on any atom is 0.275 e. The average Bonchev–Trinajstić information content (AvgIpc) is 2.64. The molecular formula is C20H17ClN2O5S. The molecule has 0 unspecified atom stereocenters. The second-order valence-corrected chi connectivity index (χ2v) is 8.49. The smallest absolute Gasteiger partial charge is 0.275 e. The number of aryl methyl sites for hydroxylation is 2. The predicted octanol–water partition coefficient (Wildman–Crippen LogP) is 5.46. The molecule has 29 heavy (non-hydrogen) atoms. The Bertz CT molecular complexity index is 1180. The SMILES string of the molecule is Cc1ccc(S(=O)(=O)Nc2cc(Oc3ccc(Cl)c(C)c3)cc([N+](=O)[O-])c2)cc1. The summed E-state index contributed by atoms with van der Waals surface area (Å²) >= 11 is 5.99. The van der Waals surface area contributed by atoms with Crippen molar-refractivity contribution in [3.63, 3.8) is 0 Å². The van der Waals surface area contributed by atoms with Crippen LogP contribution in [0, 0.1) is 24.0 Å². The lowest BCUT2D eigenvalue weighted by molar-refractivity contribution is -0.384. The molecule has 0 saturated heterocycles. The van der Waals surface area contributed by atoms with Crippen LogP contribution < -0.4 is 9.46 Å². The summed E-state index contributed by atoms with van der Waals surface area (Å²) in [6, 6.07) is 14.9. The van der Waals surface area contributed by atoms with Gasteiger partial charge in [0.2, 0.25) is 0 Å². The van der Waals surface area contributed by atoms with E-state index in [-0.39, 0.29) is 22.0 Å². The van der Waals surface area contributed by atoms with Crippen molar-refractivity contribution < 1.29 is 18.1 Å². The normalized spacial score (nSPS) is 11.1. The number of anilines is 1. The van der Waals surface area contributed by atoms with E-state index in [1.807, 2.05) is 6.92 Å². The molecule has 0 aromatic heterocycles. The van der Waals surface area contributed by atoms with Gasteiger partial charge in [0, 0.05) is 17.2 Å². The first-order valence-corrected chi connectivity index (χ1v) is 10.3. The highest BCUT2D eigenvalue weighted by Gasteiger charge is 2.18. The molecule has 0 saturated carbocycles. The lowest BCUT2D eigenvalue weighted by Crippen LogP contribution is -2.13. The third-order valence-electron chi connectivity index (χ3n) is 4.05. The topological polar surface area (TPSA) is 98.5 Å². The molecule has 150 valence electrons. The monoisotopic (exact) mass is 432 g/mol. The van der Waals surface area contributed by atoms with Crippen LogP contribution in [0.2, 0.25) is 5.02 Å². The lowest BCUT2D eigenvalue weighted by Gasteiger charge is -2.11. The molecule has 1 N–H and O–H groups in total. The summed E-state index contributed by atoms with van der Waals surface area (Å²) < 4.78 is 33.3. The molecule has 0 amide bonds. The molecule has 0 bridgehead atoms. The van der Waals surface area contributed by atoms with Gasteiger partial charge in [-0.05, 0) is 49.7 Å². The Balaban J connectivity index is 1.95. The number of nitrogens with zero attached hydrogens (tertiary/aromatic N) is 1. The summed E-state index contributed by atoms with van der Waals surface area (Å²) in [7, 11) is -3.92. The number of halogens is 1. The Kier molecular flexibility index (Phi) is 5.76. The number of non-ortho nitro benzene ring substituents is 1. The second kappa shape index (κ2) is 8.10. The van der Waals surface area contributed by atoms with Crippen LogP contribution in [0.5, 0.6) is 11.5 Å². The number of nitro groups is 1. The van der Waals surface area contributed by atoms with Gasteiger partial charge in [0.1, 0.15) is 11.5 Å².